The predicted octanol–water partition coefficient (Wildman–Crippen LogP) is 1.49. The van der Waals surface area contributed by atoms with E-state index in [4.69, 9.17) is 0 Å². The molecule has 1 saturated carbocycles. The van der Waals surface area contributed by atoms with Gasteiger partial charge in [-0.2, -0.15) is 0 Å². The molecular formula is C13H16F2N2O2. The SMILES string of the molecule is CN(CCNC(=O)c1c(O)cc(F)cc1F)C1CC1. The number of aromatic hydroxyl groups is 1. The lowest BCUT2D eigenvalue weighted by Crippen LogP contribution is -2.34. The third-order valence-electron chi connectivity index (χ3n) is 3.18. The summed E-state index contributed by atoms with van der Waals surface area (Å²) in [5, 5.41) is 11.9. The number of amides is 1. The maximum atomic E-state index is 13.4. The van der Waals surface area contributed by atoms with Crippen LogP contribution in [0.3, 0.4) is 0 Å². The summed E-state index contributed by atoms with van der Waals surface area (Å²) in [6.45, 7) is 1.00. The minimum atomic E-state index is -1.06. The maximum Gasteiger partial charge on any atom is 0.258 e. The van der Waals surface area contributed by atoms with Crippen molar-refractivity contribution in [1.29, 1.82) is 0 Å². The Morgan fingerprint density at radius 3 is 2.74 bits per heavy atom. The zero-order chi connectivity index (χ0) is 14.0. The van der Waals surface area contributed by atoms with E-state index < -0.39 is 28.9 Å². The van der Waals surface area contributed by atoms with Crippen molar-refractivity contribution in [2.75, 3.05) is 20.1 Å². The number of phenols is 1. The molecule has 1 aromatic rings. The summed E-state index contributed by atoms with van der Waals surface area (Å²) >= 11 is 0. The summed E-state index contributed by atoms with van der Waals surface area (Å²) in [6, 6.07) is 1.87. The van der Waals surface area contributed by atoms with Gasteiger partial charge in [-0.1, -0.05) is 0 Å². The third kappa shape index (κ3) is 3.41. The largest absolute Gasteiger partial charge is 0.507 e. The summed E-state index contributed by atoms with van der Waals surface area (Å²) in [7, 11) is 1.96. The van der Waals surface area contributed by atoms with E-state index in [9.17, 15) is 18.7 Å². The van der Waals surface area contributed by atoms with Crippen molar-refractivity contribution in [3.05, 3.63) is 29.3 Å². The average molecular weight is 270 g/mol. The number of hydrogen-bond acceptors (Lipinski definition) is 3. The normalized spacial score (nSPS) is 14.7. The van der Waals surface area contributed by atoms with Gasteiger partial charge in [-0.25, -0.2) is 8.78 Å². The Bertz CT molecular complexity index is 467. The summed E-state index contributed by atoms with van der Waals surface area (Å²) in [5.74, 6) is -3.41. The van der Waals surface area contributed by atoms with Crippen LogP contribution < -0.4 is 5.32 Å². The second-order valence-electron chi connectivity index (χ2n) is 4.75. The second-order valence-corrected chi connectivity index (χ2v) is 4.75. The molecule has 1 amide bonds. The molecule has 0 spiro atoms. The molecule has 19 heavy (non-hydrogen) atoms. The molecule has 1 aromatic carbocycles. The van der Waals surface area contributed by atoms with Crippen LogP contribution in [0, 0.1) is 11.6 Å². The maximum absolute atomic E-state index is 13.4. The zero-order valence-electron chi connectivity index (χ0n) is 10.6. The lowest BCUT2D eigenvalue weighted by atomic mass is 10.1. The lowest BCUT2D eigenvalue weighted by Gasteiger charge is -2.16. The Hall–Kier alpha value is -1.69. The Kier molecular flexibility index (Phi) is 3.99. The van der Waals surface area contributed by atoms with Crippen LogP contribution in [0.2, 0.25) is 0 Å². The van der Waals surface area contributed by atoms with Gasteiger partial charge in [0.15, 0.2) is 0 Å². The molecule has 4 nitrogen and oxygen atoms in total. The molecule has 1 aliphatic carbocycles. The minimum absolute atomic E-state index is 0.349. The second kappa shape index (κ2) is 5.52. The first-order chi connectivity index (χ1) is 8.99. The van der Waals surface area contributed by atoms with Crippen molar-refractivity contribution in [1.82, 2.24) is 10.2 Å². The Balaban J connectivity index is 1.92. The number of carbonyl (C=O) groups excluding carboxylic acids is 1. The van der Waals surface area contributed by atoms with Gasteiger partial charge in [0, 0.05) is 31.3 Å². The van der Waals surface area contributed by atoms with Crippen molar-refractivity contribution in [3.8, 4) is 5.75 Å². The summed E-state index contributed by atoms with van der Waals surface area (Å²) in [4.78, 5) is 13.8. The van der Waals surface area contributed by atoms with E-state index in [1.807, 2.05) is 7.05 Å². The topological polar surface area (TPSA) is 52.6 Å². The molecule has 0 aromatic heterocycles. The van der Waals surface area contributed by atoms with Gasteiger partial charge in [0.25, 0.3) is 5.91 Å². The van der Waals surface area contributed by atoms with E-state index in [0.717, 1.165) is 12.8 Å². The fraction of sp³-hybridized carbons (Fsp3) is 0.462. The minimum Gasteiger partial charge on any atom is -0.507 e. The number of nitrogens with zero attached hydrogens (tertiary/aromatic N) is 1. The number of nitrogens with one attached hydrogen (secondary N) is 1. The summed E-state index contributed by atoms with van der Waals surface area (Å²) in [5.41, 5.74) is -0.518. The number of halogens is 2. The van der Waals surface area contributed by atoms with E-state index in [0.29, 0.717) is 31.3 Å². The van der Waals surface area contributed by atoms with Gasteiger partial charge in [-0.05, 0) is 19.9 Å². The van der Waals surface area contributed by atoms with E-state index in [-0.39, 0.29) is 0 Å². The van der Waals surface area contributed by atoms with Crippen molar-refractivity contribution >= 4 is 5.91 Å². The van der Waals surface area contributed by atoms with Crippen LogP contribution in [0.1, 0.15) is 23.2 Å². The molecule has 1 aliphatic rings. The zero-order valence-corrected chi connectivity index (χ0v) is 10.6. The van der Waals surface area contributed by atoms with Crippen molar-refractivity contribution < 1.29 is 18.7 Å². The van der Waals surface area contributed by atoms with Crippen molar-refractivity contribution in [3.63, 3.8) is 0 Å². The van der Waals surface area contributed by atoms with Crippen molar-refractivity contribution in [2.24, 2.45) is 0 Å². The van der Waals surface area contributed by atoms with Crippen LogP contribution in [0.25, 0.3) is 0 Å². The molecular weight excluding hydrogens is 254 g/mol. The molecule has 0 heterocycles. The van der Waals surface area contributed by atoms with Crippen molar-refractivity contribution in [2.45, 2.75) is 18.9 Å². The van der Waals surface area contributed by atoms with Crippen LogP contribution in [-0.4, -0.2) is 42.1 Å². The van der Waals surface area contributed by atoms with Crippen LogP contribution >= 0.6 is 0 Å². The lowest BCUT2D eigenvalue weighted by molar-refractivity contribution is 0.0942. The average Bonchev–Trinajstić information content (AvgIpc) is 3.10. The van der Waals surface area contributed by atoms with E-state index >= 15 is 0 Å². The Labute approximate surface area is 110 Å². The molecule has 2 rings (SSSR count). The highest BCUT2D eigenvalue weighted by atomic mass is 19.1. The quantitative estimate of drug-likeness (QED) is 0.852. The molecule has 0 radical (unpaired) electrons. The summed E-state index contributed by atoms with van der Waals surface area (Å²) in [6.07, 6.45) is 2.33. The number of carbonyl (C=O) groups is 1. The van der Waals surface area contributed by atoms with Gasteiger partial charge in [-0.3, -0.25) is 4.79 Å². The van der Waals surface area contributed by atoms with Gasteiger partial charge < -0.3 is 15.3 Å². The smallest absolute Gasteiger partial charge is 0.258 e. The van der Waals surface area contributed by atoms with E-state index in [1.54, 1.807) is 0 Å². The molecule has 0 unspecified atom stereocenters. The van der Waals surface area contributed by atoms with Gasteiger partial charge in [0.1, 0.15) is 22.9 Å². The molecule has 0 bridgehead atoms. The van der Waals surface area contributed by atoms with Gasteiger partial charge in [-0.15, -0.1) is 0 Å². The first kappa shape index (κ1) is 13.7. The number of likely N-dealkylation sites (N-methyl/N-ethyl adjacent to an activating group) is 1. The molecule has 104 valence electrons. The Morgan fingerprint density at radius 1 is 1.47 bits per heavy atom. The molecule has 1 fully saturated rings. The fourth-order valence-corrected chi connectivity index (χ4v) is 1.92. The third-order valence-corrected chi connectivity index (χ3v) is 3.18. The molecule has 0 aliphatic heterocycles. The van der Waals surface area contributed by atoms with Gasteiger partial charge in [0.2, 0.25) is 0 Å². The van der Waals surface area contributed by atoms with E-state index in [2.05, 4.69) is 10.2 Å². The number of phenolic OH excluding ortho intramolecular Hbond substituents is 1. The first-order valence-corrected chi connectivity index (χ1v) is 6.15. The van der Waals surface area contributed by atoms with Crippen LogP contribution in [0.15, 0.2) is 12.1 Å². The highest BCUT2D eigenvalue weighted by molar-refractivity contribution is 5.97. The van der Waals surface area contributed by atoms with E-state index in [1.165, 1.54) is 0 Å². The number of rotatable bonds is 5. The number of benzene rings is 1. The molecule has 0 atom stereocenters. The molecule has 6 heteroatoms. The van der Waals surface area contributed by atoms with Crippen LogP contribution in [0.4, 0.5) is 8.78 Å². The van der Waals surface area contributed by atoms with Crippen LogP contribution in [0.5, 0.6) is 5.75 Å². The molecule has 2 N–H and O–H groups in total. The highest BCUT2D eigenvalue weighted by Crippen LogP contribution is 2.25. The number of hydrogen-bond donors (Lipinski definition) is 2. The van der Waals surface area contributed by atoms with Gasteiger partial charge >= 0.3 is 0 Å². The van der Waals surface area contributed by atoms with Gasteiger partial charge in [0.05, 0.1) is 0 Å². The van der Waals surface area contributed by atoms with Crippen LogP contribution in [-0.2, 0) is 0 Å². The monoisotopic (exact) mass is 270 g/mol. The highest BCUT2D eigenvalue weighted by Gasteiger charge is 2.25. The fourth-order valence-electron chi connectivity index (χ4n) is 1.92. The first-order valence-electron chi connectivity index (χ1n) is 6.15. The Morgan fingerprint density at radius 2 is 2.16 bits per heavy atom. The standard InChI is InChI=1S/C13H16F2N2O2/c1-17(9-2-3-9)5-4-16-13(19)12-10(15)6-8(14)7-11(12)18/h6-7,9,18H,2-5H2,1H3,(H,16,19). The summed E-state index contributed by atoms with van der Waals surface area (Å²) < 4.78 is 26.2. The predicted molar refractivity (Wildman–Crippen MR) is 66.0 cm³/mol. The molecule has 0 saturated heterocycles.